The number of rotatable bonds is 3. The summed E-state index contributed by atoms with van der Waals surface area (Å²) in [5.41, 5.74) is 0.399. The second-order valence-corrected chi connectivity index (χ2v) is 4.47. The zero-order chi connectivity index (χ0) is 11.0. The molecule has 0 radical (unpaired) electrons. The van der Waals surface area contributed by atoms with Gasteiger partial charge in [-0.3, -0.25) is 4.79 Å². The zero-order valence-corrected chi connectivity index (χ0v) is 9.03. The van der Waals surface area contributed by atoms with Gasteiger partial charge in [0.05, 0.1) is 6.04 Å². The minimum Gasteiger partial charge on any atom is -0.446 e. The molecule has 2 heterocycles. The number of aromatic nitrogens is 1. The Balaban J connectivity index is 1.68. The van der Waals surface area contributed by atoms with Crippen LogP contribution in [0.5, 0.6) is 0 Å². The Morgan fingerprint density at radius 3 is 3.06 bits per heavy atom. The van der Waals surface area contributed by atoms with Crippen LogP contribution in [0.1, 0.15) is 48.1 Å². The molecule has 1 aliphatic heterocycles. The number of carbonyl (C=O) groups is 1. The number of amides is 1. The van der Waals surface area contributed by atoms with Gasteiger partial charge in [0.15, 0.2) is 5.69 Å². The van der Waals surface area contributed by atoms with Crippen LogP contribution in [0, 0.1) is 0 Å². The summed E-state index contributed by atoms with van der Waals surface area (Å²) >= 11 is 0. The van der Waals surface area contributed by atoms with Gasteiger partial charge in [-0.2, -0.15) is 0 Å². The Morgan fingerprint density at radius 1 is 1.50 bits per heavy atom. The van der Waals surface area contributed by atoms with Crippen molar-refractivity contribution in [2.45, 2.75) is 37.8 Å². The lowest BCUT2D eigenvalue weighted by Gasteiger charge is -2.03. The molecule has 1 saturated carbocycles. The third-order valence-corrected chi connectivity index (χ3v) is 3.03. The van der Waals surface area contributed by atoms with Crippen LogP contribution in [0.3, 0.4) is 0 Å². The van der Waals surface area contributed by atoms with Crippen LogP contribution < -0.4 is 10.6 Å². The molecule has 1 saturated heterocycles. The number of carbonyl (C=O) groups excluding carboxylic acids is 1. The fourth-order valence-corrected chi connectivity index (χ4v) is 1.93. The van der Waals surface area contributed by atoms with Crippen LogP contribution >= 0.6 is 0 Å². The molecule has 1 unspecified atom stereocenters. The first kappa shape index (κ1) is 9.84. The maximum Gasteiger partial charge on any atom is 0.273 e. The van der Waals surface area contributed by atoms with Crippen molar-refractivity contribution in [1.29, 1.82) is 0 Å². The molecule has 3 rings (SSSR count). The van der Waals surface area contributed by atoms with Crippen LogP contribution in [0.15, 0.2) is 10.7 Å². The molecular formula is C11H15N3O2. The van der Waals surface area contributed by atoms with Crippen LogP contribution in [-0.4, -0.2) is 23.5 Å². The first-order valence-corrected chi connectivity index (χ1v) is 5.82. The molecule has 0 bridgehead atoms. The molecule has 2 N–H and O–H groups in total. The molecule has 1 aliphatic carbocycles. The number of nitrogens with one attached hydrogen (secondary N) is 2. The van der Waals surface area contributed by atoms with E-state index in [1.807, 2.05) is 0 Å². The fourth-order valence-electron chi connectivity index (χ4n) is 1.93. The number of hydrogen-bond donors (Lipinski definition) is 2. The third kappa shape index (κ3) is 1.95. The fraction of sp³-hybridized carbons (Fsp3) is 0.636. The van der Waals surface area contributed by atoms with E-state index < -0.39 is 0 Å². The van der Waals surface area contributed by atoms with Crippen molar-refractivity contribution in [2.24, 2.45) is 0 Å². The van der Waals surface area contributed by atoms with E-state index in [2.05, 4.69) is 15.6 Å². The van der Waals surface area contributed by atoms with Crippen molar-refractivity contribution < 1.29 is 9.21 Å². The SMILES string of the molecule is O=C(NC1CC1)c1coc(C2CCCN2)n1. The molecule has 0 aromatic carbocycles. The summed E-state index contributed by atoms with van der Waals surface area (Å²) in [7, 11) is 0. The average Bonchev–Trinajstić information content (AvgIpc) is 2.84. The van der Waals surface area contributed by atoms with E-state index >= 15 is 0 Å². The molecule has 1 amide bonds. The van der Waals surface area contributed by atoms with E-state index in [0.717, 1.165) is 32.2 Å². The van der Waals surface area contributed by atoms with Crippen molar-refractivity contribution in [1.82, 2.24) is 15.6 Å². The van der Waals surface area contributed by atoms with Crippen molar-refractivity contribution >= 4 is 5.91 Å². The molecule has 5 heteroatoms. The molecule has 16 heavy (non-hydrogen) atoms. The van der Waals surface area contributed by atoms with Crippen LogP contribution in [0.4, 0.5) is 0 Å². The second kappa shape index (κ2) is 3.90. The normalized spacial score (nSPS) is 24.6. The molecular weight excluding hydrogens is 206 g/mol. The molecule has 5 nitrogen and oxygen atoms in total. The minimum atomic E-state index is -0.115. The highest BCUT2D eigenvalue weighted by Crippen LogP contribution is 2.23. The van der Waals surface area contributed by atoms with Gasteiger partial charge in [-0.15, -0.1) is 0 Å². The van der Waals surface area contributed by atoms with Gasteiger partial charge in [-0.25, -0.2) is 4.98 Å². The number of hydrogen-bond acceptors (Lipinski definition) is 4. The minimum absolute atomic E-state index is 0.115. The lowest BCUT2D eigenvalue weighted by atomic mass is 10.2. The van der Waals surface area contributed by atoms with E-state index in [1.54, 1.807) is 0 Å². The van der Waals surface area contributed by atoms with Gasteiger partial charge in [-0.05, 0) is 32.2 Å². The van der Waals surface area contributed by atoms with Crippen molar-refractivity contribution in [3.63, 3.8) is 0 Å². The van der Waals surface area contributed by atoms with E-state index in [1.165, 1.54) is 6.26 Å². The summed E-state index contributed by atoms with van der Waals surface area (Å²) in [5.74, 6) is 0.522. The zero-order valence-electron chi connectivity index (χ0n) is 9.03. The van der Waals surface area contributed by atoms with Crippen LogP contribution in [0.25, 0.3) is 0 Å². The summed E-state index contributed by atoms with van der Waals surface area (Å²) in [6.45, 7) is 0.997. The Bertz CT molecular complexity index is 392. The van der Waals surface area contributed by atoms with Gasteiger partial charge in [-0.1, -0.05) is 0 Å². The second-order valence-electron chi connectivity index (χ2n) is 4.47. The predicted octanol–water partition coefficient (Wildman–Crippen LogP) is 0.991. The van der Waals surface area contributed by atoms with Crippen molar-refractivity contribution in [3.8, 4) is 0 Å². The number of oxazole rings is 1. The third-order valence-electron chi connectivity index (χ3n) is 3.03. The first-order valence-electron chi connectivity index (χ1n) is 5.82. The summed E-state index contributed by atoms with van der Waals surface area (Å²) in [6.07, 6.45) is 5.79. The lowest BCUT2D eigenvalue weighted by Crippen LogP contribution is -2.25. The van der Waals surface area contributed by atoms with Gasteiger partial charge >= 0.3 is 0 Å². The largest absolute Gasteiger partial charge is 0.446 e. The van der Waals surface area contributed by atoms with E-state index in [9.17, 15) is 4.79 Å². The Labute approximate surface area is 93.6 Å². The summed E-state index contributed by atoms with van der Waals surface area (Å²) in [6, 6.07) is 0.541. The highest BCUT2D eigenvalue weighted by atomic mass is 16.3. The smallest absolute Gasteiger partial charge is 0.273 e. The highest BCUT2D eigenvalue weighted by molar-refractivity contribution is 5.92. The molecule has 2 fully saturated rings. The maximum atomic E-state index is 11.7. The molecule has 1 atom stereocenters. The standard InChI is InChI=1S/C11H15N3O2/c15-10(13-7-3-4-7)9-6-16-11(14-9)8-2-1-5-12-8/h6-8,12H,1-5H2,(H,13,15). The van der Waals surface area contributed by atoms with Crippen LogP contribution in [-0.2, 0) is 0 Å². The van der Waals surface area contributed by atoms with Crippen molar-refractivity contribution in [2.75, 3.05) is 6.54 Å². The quantitative estimate of drug-likeness (QED) is 0.798. The molecule has 86 valence electrons. The van der Waals surface area contributed by atoms with E-state index in [4.69, 9.17) is 4.42 Å². The first-order chi connectivity index (χ1) is 7.83. The maximum absolute atomic E-state index is 11.7. The van der Waals surface area contributed by atoms with Gasteiger partial charge in [0.25, 0.3) is 5.91 Å². The monoisotopic (exact) mass is 221 g/mol. The lowest BCUT2D eigenvalue weighted by molar-refractivity contribution is 0.0946. The Morgan fingerprint density at radius 2 is 2.38 bits per heavy atom. The highest BCUT2D eigenvalue weighted by Gasteiger charge is 2.27. The number of nitrogens with zero attached hydrogens (tertiary/aromatic N) is 1. The van der Waals surface area contributed by atoms with Gasteiger partial charge in [0.2, 0.25) is 5.89 Å². The van der Waals surface area contributed by atoms with Gasteiger partial charge in [0, 0.05) is 6.04 Å². The summed E-state index contributed by atoms with van der Waals surface area (Å²) < 4.78 is 5.34. The summed E-state index contributed by atoms with van der Waals surface area (Å²) in [5, 5.41) is 6.18. The topological polar surface area (TPSA) is 67.2 Å². The van der Waals surface area contributed by atoms with E-state index in [-0.39, 0.29) is 11.9 Å². The van der Waals surface area contributed by atoms with Crippen molar-refractivity contribution in [3.05, 3.63) is 17.8 Å². The van der Waals surface area contributed by atoms with Crippen LogP contribution in [0.2, 0.25) is 0 Å². The van der Waals surface area contributed by atoms with E-state index in [0.29, 0.717) is 17.6 Å². The molecule has 1 aromatic rings. The van der Waals surface area contributed by atoms with Gasteiger partial charge in [0.1, 0.15) is 6.26 Å². The average molecular weight is 221 g/mol. The molecule has 1 aromatic heterocycles. The Hall–Kier alpha value is -1.36. The Kier molecular flexibility index (Phi) is 2.40. The van der Waals surface area contributed by atoms with Gasteiger partial charge < -0.3 is 15.1 Å². The molecule has 0 spiro atoms. The summed E-state index contributed by atoms with van der Waals surface area (Å²) in [4.78, 5) is 15.9. The predicted molar refractivity (Wildman–Crippen MR) is 57.0 cm³/mol. The molecule has 2 aliphatic rings.